The van der Waals surface area contributed by atoms with E-state index >= 15 is 0 Å². The number of rotatable bonds is 4. The molecule has 1 aromatic heterocycles. The molecule has 122 valence electrons. The molecule has 0 saturated carbocycles. The van der Waals surface area contributed by atoms with Gasteiger partial charge in [-0.2, -0.15) is 0 Å². The molecule has 7 heteroatoms. The van der Waals surface area contributed by atoms with Gasteiger partial charge < -0.3 is 0 Å². The number of nitrogens with one attached hydrogen (secondary N) is 1. The van der Waals surface area contributed by atoms with Crippen molar-refractivity contribution in [2.75, 3.05) is 4.72 Å². The molecule has 0 amide bonds. The van der Waals surface area contributed by atoms with Crippen molar-refractivity contribution in [3.63, 3.8) is 0 Å². The van der Waals surface area contributed by atoms with Crippen molar-refractivity contribution >= 4 is 28.3 Å². The number of hydrogen-bond acceptors (Lipinski definition) is 4. The molecule has 0 atom stereocenters. The maximum atomic E-state index is 14.6. The summed E-state index contributed by atoms with van der Waals surface area (Å²) in [6.07, 6.45) is 3.20. The van der Waals surface area contributed by atoms with Gasteiger partial charge in [0.1, 0.15) is 0 Å². The van der Waals surface area contributed by atoms with Gasteiger partial charge in [0.15, 0.2) is 5.82 Å². The van der Waals surface area contributed by atoms with Crippen LogP contribution < -0.4 is 4.72 Å². The Morgan fingerprint density at radius 1 is 1.00 bits per heavy atom. The minimum Gasteiger partial charge on any atom is -0.277 e. The van der Waals surface area contributed by atoms with Gasteiger partial charge in [-0.15, -0.1) is 12.6 Å². The lowest BCUT2D eigenvalue weighted by atomic mass is 10.1. The molecule has 24 heavy (non-hydrogen) atoms. The molecule has 4 nitrogen and oxygen atoms in total. The second-order valence-corrected chi connectivity index (χ2v) is 7.11. The number of hydrogen-bond donors (Lipinski definition) is 2. The normalized spacial score (nSPS) is 11.2. The first-order chi connectivity index (χ1) is 11.5. The standard InChI is InChI=1S/C17H13FN2O2S2/c18-16-15(20-24(21,22)13-6-2-1-3-7-13)9-8-14(17(16)23)12-5-4-10-19-11-12/h1-11,20,23H. The highest BCUT2D eigenvalue weighted by molar-refractivity contribution is 7.92. The fraction of sp³-hybridized carbons (Fsp3) is 0. The zero-order valence-corrected chi connectivity index (χ0v) is 14.1. The number of thiol groups is 1. The molecule has 3 aromatic rings. The van der Waals surface area contributed by atoms with E-state index in [9.17, 15) is 12.8 Å². The summed E-state index contributed by atoms with van der Waals surface area (Å²) in [5, 5.41) is 0. The second-order valence-electron chi connectivity index (χ2n) is 4.98. The summed E-state index contributed by atoms with van der Waals surface area (Å²) in [5.41, 5.74) is 1.07. The Morgan fingerprint density at radius 2 is 1.75 bits per heavy atom. The van der Waals surface area contributed by atoms with Crippen LogP contribution in [0.2, 0.25) is 0 Å². The van der Waals surface area contributed by atoms with Crippen molar-refractivity contribution in [3.05, 3.63) is 72.8 Å². The minimum atomic E-state index is -3.87. The Kier molecular flexibility index (Phi) is 4.55. The summed E-state index contributed by atoms with van der Waals surface area (Å²) >= 11 is 4.19. The van der Waals surface area contributed by atoms with Gasteiger partial charge in [0.2, 0.25) is 0 Å². The van der Waals surface area contributed by atoms with Crippen molar-refractivity contribution in [2.45, 2.75) is 9.79 Å². The van der Waals surface area contributed by atoms with Crippen LogP contribution in [0.4, 0.5) is 10.1 Å². The summed E-state index contributed by atoms with van der Waals surface area (Å²) in [4.78, 5) is 4.09. The molecule has 0 spiro atoms. The third-order valence-electron chi connectivity index (χ3n) is 3.39. The maximum absolute atomic E-state index is 14.6. The number of nitrogens with zero attached hydrogens (tertiary/aromatic N) is 1. The Hall–Kier alpha value is -2.38. The minimum absolute atomic E-state index is 0.0521. The van der Waals surface area contributed by atoms with Gasteiger partial charge in [-0.05, 0) is 29.8 Å². The highest BCUT2D eigenvalue weighted by atomic mass is 32.2. The maximum Gasteiger partial charge on any atom is 0.261 e. The summed E-state index contributed by atoms with van der Waals surface area (Å²) in [6, 6.07) is 14.2. The van der Waals surface area contributed by atoms with E-state index in [4.69, 9.17) is 0 Å². The monoisotopic (exact) mass is 360 g/mol. The molecule has 1 N–H and O–H groups in total. The number of halogens is 1. The molecular weight excluding hydrogens is 347 g/mol. The first-order valence-corrected chi connectivity index (χ1v) is 8.92. The lowest BCUT2D eigenvalue weighted by molar-refractivity contribution is 0.594. The topological polar surface area (TPSA) is 59.1 Å². The highest BCUT2D eigenvalue weighted by Gasteiger charge is 2.18. The van der Waals surface area contributed by atoms with Crippen LogP contribution in [0.3, 0.4) is 0 Å². The van der Waals surface area contributed by atoms with Crippen molar-refractivity contribution in [3.8, 4) is 11.1 Å². The van der Waals surface area contributed by atoms with Crippen LogP contribution in [0, 0.1) is 5.82 Å². The van der Waals surface area contributed by atoms with Crippen LogP contribution in [0.1, 0.15) is 0 Å². The zero-order chi connectivity index (χ0) is 17.2. The molecule has 0 radical (unpaired) electrons. The number of sulfonamides is 1. The summed E-state index contributed by atoms with van der Waals surface area (Å²) in [6.45, 7) is 0. The Bertz CT molecular complexity index is 963. The second kappa shape index (κ2) is 6.62. The van der Waals surface area contributed by atoms with Gasteiger partial charge in [-0.25, -0.2) is 12.8 Å². The van der Waals surface area contributed by atoms with E-state index in [0.29, 0.717) is 11.1 Å². The smallest absolute Gasteiger partial charge is 0.261 e. The third kappa shape index (κ3) is 3.27. The van der Waals surface area contributed by atoms with E-state index in [1.54, 1.807) is 48.8 Å². The average molecular weight is 360 g/mol. The predicted molar refractivity (Wildman–Crippen MR) is 94.1 cm³/mol. The Balaban J connectivity index is 1.98. The largest absolute Gasteiger partial charge is 0.277 e. The van der Waals surface area contributed by atoms with Gasteiger partial charge in [-0.3, -0.25) is 9.71 Å². The van der Waals surface area contributed by atoms with Crippen LogP contribution in [-0.2, 0) is 10.0 Å². The molecule has 0 unspecified atom stereocenters. The molecule has 0 bridgehead atoms. The van der Waals surface area contributed by atoms with Gasteiger partial charge in [0.25, 0.3) is 10.0 Å². The molecular formula is C17H13FN2O2S2. The summed E-state index contributed by atoms with van der Waals surface area (Å²) in [5.74, 6) is -0.737. The Morgan fingerprint density at radius 3 is 2.42 bits per heavy atom. The van der Waals surface area contributed by atoms with E-state index < -0.39 is 15.8 Å². The molecule has 0 aliphatic rings. The van der Waals surface area contributed by atoms with E-state index in [-0.39, 0.29) is 15.5 Å². The van der Waals surface area contributed by atoms with Crippen molar-refractivity contribution < 1.29 is 12.8 Å². The summed E-state index contributed by atoms with van der Waals surface area (Å²) in [7, 11) is -3.87. The van der Waals surface area contributed by atoms with E-state index in [1.165, 1.54) is 18.2 Å². The lowest BCUT2D eigenvalue weighted by Gasteiger charge is -2.12. The Labute approximate surface area is 144 Å². The van der Waals surface area contributed by atoms with Crippen LogP contribution in [0.25, 0.3) is 11.1 Å². The first-order valence-electron chi connectivity index (χ1n) is 6.99. The van der Waals surface area contributed by atoms with Crippen LogP contribution >= 0.6 is 12.6 Å². The molecule has 0 saturated heterocycles. The third-order valence-corrected chi connectivity index (χ3v) is 5.21. The molecule has 1 heterocycles. The van der Waals surface area contributed by atoms with Crippen LogP contribution in [0.15, 0.2) is 76.8 Å². The van der Waals surface area contributed by atoms with Crippen molar-refractivity contribution in [1.29, 1.82) is 0 Å². The van der Waals surface area contributed by atoms with E-state index in [2.05, 4.69) is 22.3 Å². The SMILES string of the molecule is O=S(=O)(Nc1ccc(-c2cccnc2)c(S)c1F)c1ccccc1. The van der Waals surface area contributed by atoms with Crippen LogP contribution in [-0.4, -0.2) is 13.4 Å². The number of aromatic nitrogens is 1. The molecule has 3 rings (SSSR count). The van der Waals surface area contributed by atoms with Crippen molar-refractivity contribution in [2.24, 2.45) is 0 Å². The number of benzene rings is 2. The summed E-state index contributed by atoms with van der Waals surface area (Å²) < 4.78 is 41.4. The molecule has 0 aliphatic carbocycles. The van der Waals surface area contributed by atoms with Gasteiger partial charge in [0.05, 0.1) is 15.5 Å². The number of anilines is 1. The first kappa shape index (κ1) is 16.5. The van der Waals surface area contributed by atoms with Gasteiger partial charge >= 0.3 is 0 Å². The van der Waals surface area contributed by atoms with Crippen molar-refractivity contribution in [1.82, 2.24) is 4.98 Å². The van der Waals surface area contributed by atoms with Crippen LogP contribution in [0.5, 0.6) is 0 Å². The number of pyridine rings is 1. The van der Waals surface area contributed by atoms with E-state index in [0.717, 1.165) is 0 Å². The molecule has 0 fully saturated rings. The molecule has 2 aromatic carbocycles. The zero-order valence-electron chi connectivity index (χ0n) is 12.3. The average Bonchev–Trinajstić information content (AvgIpc) is 2.61. The van der Waals surface area contributed by atoms with E-state index in [1.807, 2.05) is 0 Å². The predicted octanol–water partition coefficient (Wildman–Crippen LogP) is 3.98. The lowest BCUT2D eigenvalue weighted by Crippen LogP contribution is -2.14. The highest BCUT2D eigenvalue weighted by Crippen LogP contribution is 2.33. The quantitative estimate of drug-likeness (QED) is 0.692. The fourth-order valence-corrected chi connectivity index (χ4v) is 3.61. The van der Waals surface area contributed by atoms with Gasteiger partial charge in [-0.1, -0.05) is 30.3 Å². The van der Waals surface area contributed by atoms with Gasteiger partial charge in [0, 0.05) is 18.0 Å². The fourth-order valence-electron chi connectivity index (χ4n) is 2.20. The molecule has 0 aliphatic heterocycles.